The number of nitrogens with two attached hydrogens (primary N) is 1. The molecule has 3 aromatic carbocycles. The van der Waals surface area contributed by atoms with Gasteiger partial charge in [0.1, 0.15) is 17.7 Å². The van der Waals surface area contributed by atoms with Gasteiger partial charge in [-0.15, -0.1) is 0 Å². The van der Waals surface area contributed by atoms with Crippen LogP contribution in [0.15, 0.2) is 54.6 Å². The van der Waals surface area contributed by atoms with Crippen molar-refractivity contribution in [2.75, 3.05) is 23.1 Å². The van der Waals surface area contributed by atoms with Crippen LogP contribution >= 0.6 is 0 Å². The maximum Gasteiger partial charge on any atom is 0.235 e. The number of ether oxygens (including phenoxy) is 1. The van der Waals surface area contributed by atoms with Crippen molar-refractivity contribution in [1.82, 2.24) is 4.90 Å². The molecule has 36 heavy (non-hydrogen) atoms. The van der Waals surface area contributed by atoms with Gasteiger partial charge in [-0.3, -0.25) is 15.1 Å². The van der Waals surface area contributed by atoms with Crippen LogP contribution in [-0.2, 0) is 16.4 Å². The van der Waals surface area contributed by atoms with Gasteiger partial charge in [-0.2, -0.15) is 0 Å². The van der Waals surface area contributed by atoms with Crippen LogP contribution in [0.4, 0.5) is 5.69 Å². The minimum Gasteiger partial charge on any atom is -0.489 e. The summed E-state index contributed by atoms with van der Waals surface area (Å²) in [5.41, 5.74) is 8.84. The van der Waals surface area contributed by atoms with E-state index in [1.807, 2.05) is 59.5 Å². The van der Waals surface area contributed by atoms with Gasteiger partial charge in [0.25, 0.3) is 0 Å². The SMILES string of the molecule is CCS(=O)(=O)N1c2ccc(O[C@H]3CCN(C(C)=N)C3)cc2C[C@@H]1c1ccc2ccc(C(=N)N)cc2c1. The number of sulfonamides is 1. The third-order valence-corrected chi connectivity index (χ3v) is 8.91. The summed E-state index contributed by atoms with van der Waals surface area (Å²) in [5.74, 6) is 1.27. The number of nitrogens with zero attached hydrogens (tertiary/aromatic N) is 2. The second kappa shape index (κ2) is 9.13. The third kappa shape index (κ3) is 4.39. The zero-order valence-electron chi connectivity index (χ0n) is 20.5. The summed E-state index contributed by atoms with van der Waals surface area (Å²) in [4.78, 5) is 2.00. The average molecular weight is 506 g/mol. The van der Waals surface area contributed by atoms with E-state index in [1.165, 1.54) is 0 Å². The maximum atomic E-state index is 13.2. The van der Waals surface area contributed by atoms with Gasteiger partial charge >= 0.3 is 0 Å². The fraction of sp³-hybridized carbons (Fsp3) is 0.333. The van der Waals surface area contributed by atoms with E-state index in [9.17, 15) is 8.42 Å². The number of rotatable bonds is 6. The van der Waals surface area contributed by atoms with Crippen molar-refractivity contribution in [2.24, 2.45) is 5.73 Å². The Balaban J connectivity index is 1.48. The molecular weight excluding hydrogens is 474 g/mol. The number of nitrogen functional groups attached to an aromatic ring is 1. The molecule has 0 aliphatic carbocycles. The second-order valence-electron chi connectivity index (χ2n) is 9.50. The standard InChI is InChI=1S/C27H31N5O3S/c1-3-36(33,34)32-25-9-8-23(35-24-10-11-31(16-24)17(2)28)14-22(25)15-26(32)19-6-4-18-5-7-20(27(29)30)13-21(18)12-19/h4-9,12-14,24,26,28H,3,10-11,15-16H2,1-2H3,(H3,29,30)/t24-,26+/m0/s1. The fourth-order valence-corrected chi connectivity index (χ4v) is 6.51. The van der Waals surface area contributed by atoms with Crippen LogP contribution in [0.25, 0.3) is 10.8 Å². The van der Waals surface area contributed by atoms with Crippen molar-refractivity contribution >= 4 is 38.2 Å². The lowest BCUT2D eigenvalue weighted by Crippen LogP contribution is -2.33. The molecule has 2 aliphatic heterocycles. The Morgan fingerprint density at radius 3 is 2.56 bits per heavy atom. The van der Waals surface area contributed by atoms with E-state index in [-0.39, 0.29) is 23.7 Å². The van der Waals surface area contributed by atoms with E-state index in [1.54, 1.807) is 18.2 Å². The Kier molecular flexibility index (Phi) is 6.12. The maximum absolute atomic E-state index is 13.2. The first-order chi connectivity index (χ1) is 17.2. The number of benzene rings is 3. The predicted molar refractivity (Wildman–Crippen MR) is 144 cm³/mol. The lowest BCUT2D eigenvalue weighted by molar-refractivity contribution is 0.214. The topological polar surface area (TPSA) is 124 Å². The molecule has 4 N–H and O–H groups in total. The highest BCUT2D eigenvalue weighted by molar-refractivity contribution is 7.92. The van der Waals surface area contributed by atoms with Gasteiger partial charge in [0, 0.05) is 24.9 Å². The molecule has 2 aliphatic rings. The summed E-state index contributed by atoms with van der Waals surface area (Å²) >= 11 is 0. The van der Waals surface area contributed by atoms with Gasteiger partial charge < -0.3 is 15.4 Å². The predicted octanol–water partition coefficient (Wildman–Crippen LogP) is 4.03. The highest BCUT2D eigenvalue weighted by Crippen LogP contribution is 2.44. The van der Waals surface area contributed by atoms with Crippen LogP contribution in [0.2, 0.25) is 0 Å². The fourth-order valence-electron chi connectivity index (χ4n) is 5.17. The molecule has 0 radical (unpaired) electrons. The summed E-state index contributed by atoms with van der Waals surface area (Å²) in [6, 6.07) is 16.9. The lowest BCUT2D eigenvalue weighted by Gasteiger charge is -2.27. The first kappa shape index (κ1) is 24.1. The summed E-state index contributed by atoms with van der Waals surface area (Å²) in [6.45, 7) is 4.94. The molecule has 8 nitrogen and oxygen atoms in total. The highest BCUT2D eigenvalue weighted by atomic mass is 32.2. The molecule has 2 atom stereocenters. The lowest BCUT2D eigenvalue weighted by atomic mass is 9.98. The van der Waals surface area contributed by atoms with Gasteiger partial charge in [-0.05, 0) is 66.1 Å². The quantitative estimate of drug-likeness (QED) is 0.345. The van der Waals surface area contributed by atoms with Crippen LogP contribution < -0.4 is 14.8 Å². The minimum absolute atomic E-state index is 0.000508. The van der Waals surface area contributed by atoms with Gasteiger partial charge in [-0.1, -0.05) is 24.3 Å². The Morgan fingerprint density at radius 1 is 1.08 bits per heavy atom. The van der Waals surface area contributed by atoms with Gasteiger partial charge in [0.2, 0.25) is 10.0 Å². The Morgan fingerprint density at radius 2 is 1.86 bits per heavy atom. The number of fused-ring (bicyclic) bond motifs is 2. The largest absolute Gasteiger partial charge is 0.489 e. The highest BCUT2D eigenvalue weighted by Gasteiger charge is 2.38. The normalized spacial score (nSPS) is 19.5. The van der Waals surface area contributed by atoms with E-state index in [0.717, 1.165) is 40.6 Å². The molecule has 0 unspecified atom stereocenters. The van der Waals surface area contributed by atoms with E-state index in [0.29, 0.717) is 30.1 Å². The number of hydrogen-bond donors (Lipinski definition) is 3. The van der Waals surface area contributed by atoms with E-state index >= 15 is 0 Å². The smallest absolute Gasteiger partial charge is 0.235 e. The number of nitrogens with one attached hydrogen (secondary N) is 2. The van der Waals surface area contributed by atoms with Crippen molar-refractivity contribution in [1.29, 1.82) is 10.8 Å². The number of anilines is 1. The number of likely N-dealkylation sites (tertiary alicyclic amines) is 1. The van der Waals surface area contributed by atoms with Crippen LogP contribution in [0.3, 0.4) is 0 Å². The molecule has 0 amide bonds. The Labute approximate surface area is 211 Å². The summed E-state index contributed by atoms with van der Waals surface area (Å²) in [5, 5.41) is 17.5. The number of hydrogen-bond acceptors (Lipinski definition) is 5. The first-order valence-corrected chi connectivity index (χ1v) is 13.8. The average Bonchev–Trinajstić information content (AvgIpc) is 3.48. The molecule has 1 fully saturated rings. The third-order valence-electron chi connectivity index (χ3n) is 7.13. The molecule has 9 heteroatoms. The van der Waals surface area contributed by atoms with Gasteiger partial charge in [0.05, 0.1) is 29.9 Å². The molecule has 3 aromatic rings. The molecular formula is C27H31N5O3S. The van der Waals surface area contributed by atoms with Crippen molar-refractivity contribution in [3.63, 3.8) is 0 Å². The van der Waals surface area contributed by atoms with E-state index in [4.69, 9.17) is 21.3 Å². The zero-order valence-corrected chi connectivity index (χ0v) is 21.3. The molecule has 5 rings (SSSR count). The van der Waals surface area contributed by atoms with Crippen molar-refractivity contribution in [3.8, 4) is 5.75 Å². The molecule has 188 valence electrons. The van der Waals surface area contributed by atoms with Crippen molar-refractivity contribution in [3.05, 3.63) is 71.3 Å². The second-order valence-corrected chi connectivity index (χ2v) is 11.6. The molecule has 0 bridgehead atoms. The number of amidine groups is 2. The van der Waals surface area contributed by atoms with Crippen LogP contribution in [0, 0.1) is 10.8 Å². The van der Waals surface area contributed by atoms with E-state index < -0.39 is 10.0 Å². The first-order valence-electron chi connectivity index (χ1n) is 12.2. The van der Waals surface area contributed by atoms with Crippen LogP contribution in [0.1, 0.15) is 43.0 Å². The van der Waals surface area contributed by atoms with Gasteiger partial charge in [0.15, 0.2) is 0 Å². The Hall–Kier alpha value is -3.59. The molecule has 0 saturated carbocycles. The summed E-state index contributed by atoms with van der Waals surface area (Å²) < 4.78 is 34.3. The van der Waals surface area contributed by atoms with Crippen molar-refractivity contribution in [2.45, 2.75) is 38.8 Å². The van der Waals surface area contributed by atoms with E-state index in [2.05, 4.69) is 0 Å². The molecule has 0 spiro atoms. The minimum atomic E-state index is -3.53. The zero-order chi connectivity index (χ0) is 25.6. The van der Waals surface area contributed by atoms with Gasteiger partial charge in [-0.25, -0.2) is 8.42 Å². The molecule has 1 saturated heterocycles. The Bertz CT molecular complexity index is 1470. The van der Waals surface area contributed by atoms with Crippen LogP contribution in [-0.4, -0.2) is 49.9 Å². The summed E-state index contributed by atoms with van der Waals surface area (Å²) in [6.07, 6.45) is 1.40. The molecule has 0 aromatic heterocycles. The monoisotopic (exact) mass is 505 g/mol. The molecule has 2 heterocycles. The van der Waals surface area contributed by atoms with Crippen LogP contribution in [0.5, 0.6) is 5.75 Å². The van der Waals surface area contributed by atoms with Crippen molar-refractivity contribution < 1.29 is 13.2 Å². The summed E-state index contributed by atoms with van der Waals surface area (Å²) in [7, 11) is -3.53.